The summed E-state index contributed by atoms with van der Waals surface area (Å²) in [6, 6.07) is 6.52. The summed E-state index contributed by atoms with van der Waals surface area (Å²) in [7, 11) is 0. The molecule has 1 fully saturated rings. The lowest BCUT2D eigenvalue weighted by Crippen LogP contribution is -2.61. The summed E-state index contributed by atoms with van der Waals surface area (Å²) in [5.41, 5.74) is 8.50. The monoisotopic (exact) mass is 344 g/mol. The van der Waals surface area contributed by atoms with Crippen LogP contribution in [0.25, 0.3) is 0 Å². The van der Waals surface area contributed by atoms with Gasteiger partial charge in [-0.15, -0.1) is 0 Å². The van der Waals surface area contributed by atoms with E-state index in [0.29, 0.717) is 12.5 Å². The molecule has 0 unspecified atom stereocenters. The first-order chi connectivity index (χ1) is 12.0. The van der Waals surface area contributed by atoms with Crippen LogP contribution in [0.1, 0.15) is 37.5 Å². The lowest BCUT2D eigenvalue weighted by molar-refractivity contribution is -0.134. The summed E-state index contributed by atoms with van der Waals surface area (Å²) in [5.74, 6) is -0.201. The Morgan fingerprint density at radius 3 is 2.44 bits per heavy atom. The second-order valence-corrected chi connectivity index (χ2v) is 6.63. The van der Waals surface area contributed by atoms with Gasteiger partial charge in [0, 0.05) is 19.1 Å². The van der Waals surface area contributed by atoms with Gasteiger partial charge in [0.15, 0.2) is 0 Å². The highest BCUT2D eigenvalue weighted by atomic mass is 16.2. The number of carbonyl (C=O) groups excluding carboxylic acids is 2. The quantitative estimate of drug-likeness (QED) is 0.739. The molecule has 0 atom stereocenters. The van der Waals surface area contributed by atoms with Crippen LogP contribution in [0, 0.1) is 6.42 Å². The molecule has 2 rings (SSSR count). The number of hydrogen-bond donors (Lipinski definition) is 1. The number of carbonyl (C=O) groups is 2. The number of rotatable bonds is 9. The van der Waals surface area contributed by atoms with E-state index in [0.717, 1.165) is 49.3 Å². The lowest BCUT2D eigenvalue weighted by atomic mass is 9.97. The summed E-state index contributed by atoms with van der Waals surface area (Å²) in [4.78, 5) is 27.7. The van der Waals surface area contributed by atoms with E-state index in [1.165, 1.54) is 0 Å². The number of amides is 2. The van der Waals surface area contributed by atoms with Gasteiger partial charge in [-0.05, 0) is 42.6 Å². The van der Waals surface area contributed by atoms with Crippen LogP contribution in [0.2, 0.25) is 0 Å². The van der Waals surface area contributed by atoms with Crippen molar-refractivity contribution in [1.29, 1.82) is 0 Å². The average Bonchev–Trinajstić information content (AvgIpc) is 2.55. The predicted molar refractivity (Wildman–Crippen MR) is 100 cm³/mol. The van der Waals surface area contributed by atoms with E-state index in [2.05, 4.69) is 31.7 Å². The first kappa shape index (κ1) is 19.4. The third kappa shape index (κ3) is 5.05. The van der Waals surface area contributed by atoms with E-state index >= 15 is 0 Å². The number of benzene rings is 1. The Morgan fingerprint density at radius 1 is 1.20 bits per heavy atom. The van der Waals surface area contributed by atoms with Crippen LogP contribution < -0.4 is 5.73 Å². The van der Waals surface area contributed by atoms with Crippen molar-refractivity contribution in [3.63, 3.8) is 0 Å². The third-order valence-corrected chi connectivity index (χ3v) is 5.03. The fourth-order valence-electron chi connectivity index (χ4n) is 3.44. The number of primary amides is 1. The number of hydrogen-bond acceptors (Lipinski definition) is 3. The summed E-state index contributed by atoms with van der Waals surface area (Å²) in [6.07, 6.45) is 3.50. The molecule has 1 heterocycles. The van der Waals surface area contributed by atoms with Crippen LogP contribution >= 0.6 is 0 Å². The van der Waals surface area contributed by atoms with E-state index in [1.54, 1.807) is 6.42 Å². The van der Waals surface area contributed by atoms with E-state index in [-0.39, 0.29) is 18.2 Å². The van der Waals surface area contributed by atoms with Crippen LogP contribution in [0.4, 0.5) is 0 Å². The minimum atomic E-state index is -0.315. The Hall–Kier alpha value is -1.88. The molecule has 2 amide bonds. The Labute approximate surface area is 151 Å². The van der Waals surface area contributed by atoms with Crippen molar-refractivity contribution >= 4 is 11.8 Å². The van der Waals surface area contributed by atoms with E-state index in [9.17, 15) is 9.59 Å². The minimum Gasteiger partial charge on any atom is -0.369 e. The van der Waals surface area contributed by atoms with Crippen LogP contribution in [-0.4, -0.2) is 53.8 Å². The fraction of sp³-hybridized carbons (Fsp3) is 0.550. The topological polar surface area (TPSA) is 66.6 Å². The van der Waals surface area contributed by atoms with Gasteiger partial charge < -0.3 is 10.6 Å². The lowest BCUT2D eigenvalue weighted by Gasteiger charge is -2.45. The summed E-state index contributed by atoms with van der Waals surface area (Å²) >= 11 is 0. The van der Waals surface area contributed by atoms with Crippen LogP contribution in [0.3, 0.4) is 0 Å². The number of likely N-dealkylation sites (N-methyl/N-ethyl adjacent to an activating group) is 1. The molecule has 1 aliphatic heterocycles. The van der Waals surface area contributed by atoms with Gasteiger partial charge in [0.05, 0.1) is 12.8 Å². The largest absolute Gasteiger partial charge is 0.369 e. The molecule has 1 aromatic carbocycles. The van der Waals surface area contributed by atoms with Crippen LogP contribution in [-0.2, 0) is 28.9 Å². The van der Waals surface area contributed by atoms with Crippen molar-refractivity contribution in [2.75, 3.05) is 26.2 Å². The molecule has 2 N–H and O–H groups in total. The second kappa shape index (κ2) is 8.99. The van der Waals surface area contributed by atoms with Gasteiger partial charge in [0.1, 0.15) is 0 Å². The van der Waals surface area contributed by atoms with E-state index < -0.39 is 0 Å². The van der Waals surface area contributed by atoms with Gasteiger partial charge in [-0.2, -0.15) is 0 Å². The van der Waals surface area contributed by atoms with E-state index in [1.807, 2.05) is 17.0 Å². The minimum absolute atomic E-state index is 0.114. The highest BCUT2D eigenvalue weighted by molar-refractivity contribution is 5.86. The molecule has 1 radical (unpaired) electrons. The maximum Gasteiger partial charge on any atom is 0.226 e. The highest BCUT2D eigenvalue weighted by Crippen LogP contribution is 2.18. The molecule has 137 valence electrons. The number of aryl methyl sites for hydroxylation is 1. The van der Waals surface area contributed by atoms with Crippen molar-refractivity contribution in [2.45, 2.75) is 46.1 Å². The van der Waals surface area contributed by atoms with E-state index in [4.69, 9.17) is 5.73 Å². The average molecular weight is 344 g/mol. The second-order valence-electron chi connectivity index (χ2n) is 6.63. The van der Waals surface area contributed by atoms with Crippen LogP contribution in [0.15, 0.2) is 18.2 Å². The zero-order chi connectivity index (χ0) is 18.4. The zero-order valence-electron chi connectivity index (χ0n) is 15.6. The number of nitrogens with zero attached hydrogens (tertiary/aromatic N) is 2. The van der Waals surface area contributed by atoms with Gasteiger partial charge >= 0.3 is 0 Å². The maximum absolute atomic E-state index is 12.3. The predicted octanol–water partition coefficient (Wildman–Crippen LogP) is 1.58. The summed E-state index contributed by atoms with van der Waals surface area (Å²) in [5, 5.41) is 0. The van der Waals surface area contributed by atoms with Crippen molar-refractivity contribution in [2.24, 2.45) is 5.73 Å². The van der Waals surface area contributed by atoms with Gasteiger partial charge in [-0.3, -0.25) is 14.5 Å². The standard InChI is InChI=1S/C20H30N3O2/c1-4-16-11-15(7-9-17(16)12-19(21)24)8-10-20(25)23-13-18(14-23)22(5-2)6-3/h7,9-11,18H,4-6,8,12-14H2,1-3H3,(H2,21,24). The Balaban J connectivity index is 1.85. The van der Waals surface area contributed by atoms with Gasteiger partial charge in [0.2, 0.25) is 11.8 Å². The zero-order valence-corrected chi connectivity index (χ0v) is 15.6. The first-order valence-corrected chi connectivity index (χ1v) is 9.23. The van der Waals surface area contributed by atoms with Gasteiger partial charge in [0.25, 0.3) is 0 Å². The Kier molecular flexibility index (Phi) is 7.00. The molecular weight excluding hydrogens is 314 g/mol. The number of likely N-dealkylation sites (tertiary alicyclic amines) is 1. The Morgan fingerprint density at radius 2 is 1.88 bits per heavy atom. The smallest absolute Gasteiger partial charge is 0.226 e. The molecule has 1 aliphatic rings. The molecule has 1 saturated heterocycles. The SMILES string of the molecule is CCc1cc(C[CH]C(=O)N2CC(N(CC)CC)C2)ccc1CC(N)=O. The van der Waals surface area contributed by atoms with Gasteiger partial charge in [-0.25, -0.2) is 0 Å². The Bertz CT molecular complexity index is 605. The van der Waals surface area contributed by atoms with Gasteiger partial charge in [-0.1, -0.05) is 39.0 Å². The maximum atomic E-state index is 12.3. The van der Waals surface area contributed by atoms with Crippen LogP contribution in [0.5, 0.6) is 0 Å². The third-order valence-electron chi connectivity index (χ3n) is 5.03. The van der Waals surface area contributed by atoms with Crippen molar-refractivity contribution < 1.29 is 9.59 Å². The fourth-order valence-corrected chi connectivity index (χ4v) is 3.44. The molecular formula is C20H30N3O2. The van der Waals surface area contributed by atoms with Crippen molar-refractivity contribution in [1.82, 2.24) is 9.80 Å². The molecule has 5 heteroatoms. The molecule has 0 aliphatic carbocycles. The molecule has 5 nitrogen and oxygen atoms in total. The van der Waals surface area contributed by atoms with Crippen molar-refractivity contribution in [3.05, 3.63) is 41.3 Å². The molecule has 1 aromatic rings. The van der Waals surface area contributed by atoms with Crippen molar-refractivity contribution in [3.8, 4) is 0 Å². The first-order valence-electron chi connectivity index (χ1n) is 9.23. The summed E-state index contributed by atoms with van der Waals surface area (Å²) < 4.78 is 0. The number of nitrogens with two attached hydrogens (primary N) is 1. The highest BCUT2D eigenvalue weighted by Gasteiger charge is 2.33. The summed E-state index contributed by atoms with van der Waals surface area (Å²) in [6.45, 7) is 10.1. The molecule has 0 aromatic heterocycles. The molecule has 25 heavy (non-hydrogen) atoms. The molecule has 0 saturated carbocycles. The normalized spacial score (nSPS) is 14.6. The molecule has 0 bridgehead atoms. The molecule has 0 spiro atoms.